The van der Waals surface area contributed by atoms with Gasteiger partial charge in [0.2, 0.25) is 5.28 Å². The molecule has 0 bridgehead atoms. The van der Waals surface area contributed by atoms with E-state index in [0.29, 0.717) is 36.1 Å². The lowest BCUT2D eigenvalue weighted by molar-refractivity contribution is 0.133. The van der Waals surface area contributed by atoms with Gasteiger partial charge in [-0.15, -0.1) is 0 Å². The first-order valence-electron chi connectivity index (χ1n) is 7.81. The number of benzene rings is 2. The zero-order valence-corrected chi connectivity index (χ0v) is 14.9. The third kappa shape index (κ3) is 2.82. The zero-order valence-electron chi connectivity index (χ0n) is 13.4. The molecule has 1 aromatic heterocycles. The summed E-state index contributed by atoms with van der Waals surface area (Å²) in [6.07, 6.45) is 0. The van der Waals surface area contributed by atoms with E-state index in [2.05, 4.69) is 9.97 Å². The van der Waals surface area contributed by atoms with Crippen LogP contribution in [0.2, 0.25) is 10.3 Å². The summed E-state index contributed by atoms with van der Waals surface area (Å²) in [5, 5.41) is 0.609. The molecule has 0 N–H and O–H groups in total. The van der Waals surface area contributed by atoms with Crippen LogP contribution in [0.3, 0.4) is 0 Å². The first-order chi connectivity index (χ1) is 12.1. The molecule has 7 heteroatoms. The van der Waals surface area contributed by atoms with Gasteiger partial charge in [-0.1, -0.05) is 23.7 Å². The number of aromatic nitrogens is 2. The molecular formula is C18H14Cl2FN3O. The Labute approximate surface area is 154 Å². The molecule has 0 unspecified atom stereocenters. The predicted molar refractivity (Wildman–Crippen MR) is 97.4 cm³/mol. The van der Waals surface area contributed by atoms with Crippen LogP contribution in [0.5, 0.6) is 0 Å². The van der Waals surface area contributed by atoms with E-state index in [1.807, 2.05) is 30.0 Å². The molecule has 1 aliphatic rings. The van der Waals surface area contributed by atoms with Gasteiger partial charge in [-0.3, -0.25) is 0 Å². The van der Waals surface area contributed by atoms with Crippen molar-refractivity contribution in [3.63, 3.8) is 0 Å². The highest BCUT2D eigenvalue weighted by Gasteiger charge is 2.24. The van der Waals surface area contributed by atoms with Gasteiger partial charge in [0.25, 0.3) is 0 Å². The van der Waals surface area contributed by atoms with E-state index in [4.69, 9.17) is 27.9 Å². The standard InChI is InChI=1S/C18H14Cl2FN3O/c1-10-3-2-4-14-11(10)9-25-8-7-24(14)17-15-13(21)6-5-12(19)16(15)22-18(20)23-17/h2-6H,7-9H2,1H3. The number of nitrogens with zero attached hydrogens (tertiary/aromatic N) is 3. The van der Waals surface area contributed by atoms with Crippen molar-refractivity contribution < 1.29 is 9.13 Å². The highest BCUT2D eigenvalue weighted by Crippen LogP contribution is 2.38. The smallest absolute Gasteiger partial charge is 0.224 e. The molecule has 0 saturated heterocycles. The van der Waals surface area contributed by atoms with Gasteiger partial charge in [0.1, 0.15) is 11.6 Å². The molecule has 4 rings (SSSR count). The average molecular weight is 378 g/mol. The maximum Gasteiger partial charge on any atom is 0.224 e. The number of hydrogen-bond donors (Lipinski definition) is 0. The van der Waals surface area contributed by atoms with E-state index in [9.17, 15) is 4.39 Å². The van der Waals surface area contributed by atoms with Crippen molar-refractivity contribution >= 4 is 45.6 Å². The van der Waals surface area contributed by atoms with E-state index in [0.717, 1.165) is 16.8 Å². The van der Waals surface area contributed by atoms with E-state index in [-0.39, 0.29) is 10.7 Å². The molecular weight excluding hydrogens is 364 g/mol. The maximum absolute atomic E-state index is 14.6. The van der Waals surface area contributed by atoms with Gasteiger partial charge in [-0.25, -0.2) is 9.37 Å². The lowest BCUT2D eigenvalue weighted by Gasteiger charge is -2.25. The third-order valence-electron chi connectivity index (χ3n) is 4.34. The molecule has 0 saturated carbocycles. The van der Waals surface area contributed by atoms with Crippen molar-refractivity contribution in [2.75, 3.05) is 18.1 Å². The first-order valence-corrected chi connectivity index (χ1v) is 8.57. The van der Waals surface area contributed by atoms with Crippen LogP contribution >= 0.6 is 23.2 Å². The summed E-state index contributed by atoms with van der Waals surface area (Å²) in [5.74, 6) is -0.0437. The number of rotatable bonds is 1. The summed E-state index contributed by atoms with van der Waals surface area (Å²) in [7, 11) is 0. The van der Waals surface area contributed by atoms with Gasteiger partial charge in [-0.05, 0) is 42.3 Å². The van der Waals surface area contributed by atoms with Crippen LogP contribution in [0, 0.1) is 12.7 Å². The largest absolute Gasteiger partial charge is 0.375 e. The van der Waals surface area contributed by atoms with Crippen molar-refractivity contribution in [1.29, 1.82) is 0 Å². The number of aryl methyl sites for hydroxylation is 1. The minimum absolute atomic E-state index is 0.0226. The fraction of sp³-hybridized carbons (Fsp3) is 0.222. The minimum atomic E-state index is -0.439. The van der Waals surface area contributed by atoms with Crippen LogP contribution in [-0.2, 0) is 11.3 Å². The van der Waals surface area contributed by atoms with Gasteiger partial charge < -0.3 is 9.64 Å². The Hall–Kier alpha value is -1.95. The maximum atomic E-state index is 14.6. The van der Waals surface area contributed by atoms with Crippen LogP contribution < -0.4 is 4.90 Å². The SMILES string of the molecule is Cc1cccc2c1COCCN2c1nc(Cl)nc2c(Cl)ccc(F)c12. The molecule has 0 fully saturated rings. The van der Waals surface area contributed by atoms with Gasteiger partial charge in [0.05, 0.1) is 29.1 Å². The molecule has 0 aliphatic carbocycles. The second-order valence-electron chi connectivity index (χ2n) is 5.85. The van der Waals surface area contributed by atoms with Crippen LogP contribution in [0.15, 0.2) is 30.3 Å². The van der Waals surface area contributed by atoms with Crippen molar-refractivity contribution in [2.24, 2.45) is 0 Å². The Morgan fingerprint density at radius 3 is 2.84 bits per heavy atom. The van der Waals surface area contributed by atoms with Crippen molar-refractivity contribution in [3.05, 3.63) is 57.6 Å². The second kappa shape index (κ2) is 6.41. The summed E-state index contributed by atoms with van der Waals surface area (Å²) in [6, 6.07) is 8.74. The fourth-order valence-electron chi connectivity index (χ4n) is 3.12. The Kier molecular flexibility index (Phi) is 4.23. The summed E-state index contributed by atoms with van der Waals surface area (Å²) in [6.45, 7) is 3.52. The van der Waals surface area contributed by atoms with Crippen molar-refractivity contribution in [2.45, 2.75) is 13.5 Å². The van der Waals surface area contributed by atoms with Crippen LogP contribution in [-0.4, -0.2) is 23.1 Å². The summed E-state index contributed by atoms with van der Waals surface area (Å²) < 4.78 is 20.3. The second-order valence-corrected chi connectivity index (χ2v) is 6.59. The Morgan fingerprint density at radius 1 is 1.16 bits per heavy atom. The van der Waals surface area contributed by atoms with Crippen molar-refractivity contribution in [3.8, 4) is 0 Å². The normalized spacial score (nSPS) is 14.5. The van der Waals surface area contributed by atoms with E-state index in [1.54, 1.807) is 0 Å². The van der Waals surface area contributed by atoms with Gasteiger partial charge in [0, 0.05) is 17.8 Å². The molecule has 3 aromatic rings. The third-order valence-corrected chi connectivity index (χ3v) is 4.82. The first kappa shape index (κ1) is 16.5. The number of anilines is 2. The number of hydrogen-bond acceptors (Lipinski definition) is 4. The van der Waals surface area contributed by atoms with Gasteiger partial charge in [-0.2, -0.15) is 4.98 Å². The van der Waals surface area contributed by atoms with Crippen LogP contribution in [0.25, 0.3) is 10.9 Å². The highest BCUT2D eigenvalue weighted by atomic mass is 35.5. The van der Waals surface area contributed by atoms with Gasteiger partial charge in [0.15, 0.2) is 0 Å². The molecule has 4 nitrogen and oxygen atoms in total. The van der Waals surface area contributed by atoms with E-state index >= 15 is 0 Å². The molecule has 2 heterocycles. The summed E-state index contributed by atoms with van der Waals surface area (Å²) >= 11 is 12.3. The number of halogens is 3. The Morgan fingerprint density at radius 2 is 2.00 bits per heavy atom. The topological polar surface area (TPSA) is 38.2 Å². The molecule has 0 radical (unpaired) electrons. The summed E-state index contributed by atoms with van der Waals surface area (Å²) in [4.78, 5) is 10.4. The monoisotopic (exact) mass is 377 g/mol. The lowest BCUT2D eigenvalue weighted by Crippen LogP contribution is -2.22. The predicted octanol–water partition coefficient (Wildman–Crippen LogP) is 5.05. The molecule has 0 atom stereocenters. The lowest BCUT2D eigenvalue weighted by atomic mass is 10.1. The molecule has 1 aliphatic heterocycles. The van der Waals surface area contributed by atoms with Crippen molar-refractivity contribution in [1.82, 2.24) is 9.97 Å². The molecule has 0 spiro atoms. The highest BCUT2D eigenvalue weighted by molar-refractivity contribution is 6.36. The Balaban J connectivity index is 2.03. The molecule has 2 aromatic carbocycles. The molecule has 25 heavy (non-hydrogen) atoms. The van der Waals surface area contributed by atoms with Crippen LogP contribution in [0.4, 0.5) is 15.9 Å². The number of fused-ring (bicyclic) bond motifs is 2. The zero-order chi connectivity index (χ0) is 17.6. The molecule has 0 amide bonds. The van der Waals surface area contributed by atoms with Crippen LogP contribution in [0.1, 0.15) is 11.1 Å². The van der Waals surface area contributed by atoms with E-state index in [1.165, 1.54) is 12.1 Å². The molecule has 128 valence electrons. The van der Waals surface area contributed by atoms with E-state index < -0.39 is 5.82 Å². The minimum Gasteiger partial charge on any atom is -0.375 e. The fourth-order valence-corrected chi connectivity index (χ4v) is 3.48. The number of ether oxygens (including phenoxy) is 1. The average Bonchev–Trinajstić information content (AvgIpc) is 2.81. The Bertz CT molecular complexity index is 980. The van der Waals surface area contributed by atoms with Gasteiger partial charge >= 0.3 is 0 Å². The quantitative estimate of drug-likeness (QED) is 0.556. The summed E-state index contributed by atoms with van der Waals surface area (Å²) in [5.41, 5.74) is 3.38.